The minimum absolute atomic E-state index is 0.0819. The number of nitrogens with zero attached hydrogens (tertiary/aromatic N) is 3. The van der Waals surface area contributed by atoms with Crippen molar-refractivity contribution in [3.8, 4) is 11.5 Å². The zero-order valence-corrected chi connectivity index (χ0v) is 21.6. The average Bonchev–Trinajstić information content (AvgIpc) is 3.61. The first-order valence-electron chi connectivity index (χ1n) is 13.9. The van der Waals surface area contributed by atoms with E-state index in [2.05, 4.69) is 29.7 Å². The number of hydrogen-bond donors (Lipinski definition) is 0. The second kappa shape index (κ2) is 11.8. The molecule has 2 aliphatic heterocycles. The molecule has 3 heterocycles. The summed E-state index contributed by atoms with van der Waals surface area (Å²) in [4.78, 5) is 19.9. The molecule has 1 unspecified atom stereocenters. The number of carbonyl (C=O) groups is 1. The smallest absolute Gasteiger partial charge is 0.231 e. The van der Waals surface area contributed by atoms with Gasteiger partial charge in [-0.2, -0.15) is 0 Å². The highest BCUT2D eigenvalue weighted by Crippen LogP contribution is 2.39. The summed E-state index contributed by atoms with van der Waals surface area (Å²) >= 11 is 0. The summed E-state index contributed by atoms with van der Waals surface area (Å²) in [5.74, 6) is 2.70. The molecular formula is C30H39N3O3. The third-order valence-electron chi connectivity index (χ3n) is 7.58. The zero-order valence-electron chi connectivity index (χ0n) is 21.6. The number of unbranched alkanes of at least 4 members (excludes halogenated alkanes) is 9. The number of para-hydroxylation sites is 2. The topological polar surface area (TPSA) is 56.6 Å². The molecule has 0 saturated carbocycles. The number of ether oxygens (including phenoxy) is 2. The first-order chi connectivity index (χ1) is 17.7. The van der Waals surface area contributed by atoms with Gasteiger partial charge >= 0.3 is 0 Å². The number of carbonyl (C=O) groups excluding carboxylic acids is 1. The summed E-state index contributed by atoms with van der Waals surface area (Å²) in [5.41, 5.74) is 3.06. The SMILES string of the molecule is CCCCCCCCCCCCn1c(C2CC(=O)N(c3ccc4c(c3)OCO4)C2)nc2ccccc21. The highest BCUT2D eigenvalue weighted by atomic mass is 16.7. The van der Waals surface area contributed by atoms with Crippen LogP contribution >= 0.6 is 0 Å². The first kappa shape index (κ1) is 24.7. The van der Waals surface area contributed by atoms with Gasteiger partial charge in [-0.3, -0.25) is 4.79 Å². The maximum absolute atomic E-state index is 13.0. The summed E-state index contributed by atoms with van der Waals surface area (Å²) in [6, 6.07) is 14.1. The van der Waals surface area contributed by atoms with Crippen LogP contribution in [-0.4, -0.2) is 28.8 Å². The van der Waals surface area contributed by atoms with Crippen molar-refractivity contribution in [3.63, 3.8) is 0 Å². The van der Waals surface area contributed by atoms with E-state index < -0.39 is 0 Å². The molecule has 1 atom stereocenters. The van der Waals surface area contributed by atoms with Gasteiger partial charge in [-0.1, -0.05) is 76.8 Å². The van der Waals surface area contributed by atoms with Crippen molar-refractivity contribution in [2.75, 3.05) is 18.2 Å². The van der Waals surface area contributed by atoms with Gasteiger partial charge in [-0.05, 0) is 30.7 Å². The van der Waals surface area contributed by atoms with Crippen LogP contribution in [0.1, 0.15) is 89.3 Å². The van der Waals surface area contributed by atoms with Crippen molar-refractivity contribution in [2.24, 2.45) is 0 Å². The number of rotatable bonds is 13. The Kier molecular flexibility index (Phi) is 8.09. The number of imidazole rings is 1. The molecule has 1 saturated heterocycles. The van der Waals surface area contributed by atoms with E-state index >= 15 is 0 Å². The lowest BCUT2D eigenvalue weighted by Crippen LogP contribution is -2.24. The average molecular weight is 490 g/mol. The van der Waals surface area contributed by atoms with Crippen LogP contribution < -0.4 is 14.4 Å². The second-order valence-electron chi connectivity index (χ2n) is 10.2. The molecule has 0 aliphatic carbocycles. The predicted molar refractivity (Wildman–Crippen MR) is 144 cm³/mol. The summed E-state index contributed by atoms with van der Waals surface area (Å²) in [7, 11) is 0. The fraction of sp³-hybridized carbons (Fsp3) is 0.533. The molecule has 0 radical (unpaired) electrons. The Balaban J connectivity index is 1.21. The molecule has 0 N–H and O–H groups in total. The quantitative estimate of drug-likeness (QED) is 0.238. The monoisotopic (exact) mass is 489 g/mol. The summed E-state index contributed by atoms with van der Waals surface area (Å²) in [5, 5.41) is 0. The van der Waals surface area contributed by atoms with Crippen molar-refractivity contribution in [1.29, 1.82) is 0 Å². The molecule has 3 aromatic rings. The Morgan fingerprint density at radius 2 is 1.61 bits per heavy atom. The maximum atomic E-state index is 13.0. The van der Waals surface area contributed by atoms with E-state index in [1.807, 2.05) is 29.2 Å². The summed E-state index contributed by atoms with van der Waals surface area (Å²) < 4.78 is 13.3. The van der Waals surface area contributed by atoms with E-state index in [0.717, 1.165) is 35.7 Å². The van der Waals surface area contributed by atoms with Crippen LogP contribution in [0.3, 0.4) is 0 Å². The molecular weight excluding hydrogens is 450 g/mol. The van der Waals surface area contributed by atoms with E-state index in [9.17, 15) is 4.79 Å². The summed E-state index contributed by atoms with van der Waals surface area (Å²) in [6.07, 6.45) is 13.7. The van der Waals surface area contributed by atoms with Gasteiger partial charge in [-0.15, -0.1) is 0 Å². The minimum atomic E-state index is 0.0819. The van der Waals surface area contributed by atoms with Crippen LogP contribution in [0.25, 0.3) is 11.0 Å². The number of fused-ring (bicyclic) bond motifs is 2. The molecule has 0 spiro atoms. The molecule has 6 nitrogen and oxygen atoms in total. The van der Waals surface area contributed by atoms with E-state index in [4.69, 9.17) is 14.5 Å². The lowest BCUT2D eigenvalue weighted by molar-refractivity contribution is -0.117. The molecule has 0 bridgehead atoms. The minimum Gasteiger partial charge on any atom is -0.454 e. The Bertz CT molecular complexity index is 1170. The van der Waals surface area contributed by atoms with Gasteiger partial charge in [0.05, 0.1) is 11.0 Å². The van der Waals surface area contributed by atoms with E-state index in [0.29, 0.717) is 18.7 Å². The van der Waals surface area contributed by atoms with Gasteiger partial charge in [0, 0.05) is 37.2 Å². The van der Waals surface area contributed by atoms with Crippen molar-refractivity contribution >= 4 is 22.6 Å². The van der Waals surface area contributed by atoms with Gasteiger partial charge in [0.25, 0.3) is 0 Å². The Morgan fingerprint density at radius 1 is 0.889 bits per heavy atom. The maximum Gasteiger partial charge on any atom is 0.231 e. The number of hydrogen-bond acceptors (Lipinski definition) is 4. The molecule has 192 valence electrons. The highest BCUT2D eigenvalue weighted by molar-refractivity contribution is 5.97. The number of amides is 1. The van der Waals surface area contributed by atoms with Gasteiger partial charge < -0.3 is 18.9 Å². The van der Waals surface area contributed by atoms with Crippen LogP contribution in [0.15, 0.2) is 42.5 Å². The molecule has 36 heavy (non-hydrogen) atoms. The first-order valence-corrected chi connectivity index (χ1v) is 13.9. The van der Waals surface area contributed by atoms with Crippen LogP contribution in [0.5, 0.6) is 11.5 Å². The van der Waals surface area contributed by atoms with Crippen molar-refractivity contribution in [3.05, 3.63) is 48.3 Å². The van der Waals surface area contributed by atoms with Gasteiger partial charge in [0.15, 0.2) is 11.5 Å². The number of anilines is 1. The lowest BCUT2D eigenvalue weighted by atomic mass is 10.1. The fourth-order valence-electron chi connectivity index (χ4n) is 5.58. The van der Waals surface area contributed by atoms with Crippen molar-refractivity contribution < 1.29 is 14.3 Å². The van der Waals surface area contributed by atoms with Crippen molar-refractivity contribution in [1.82, 2.24) is 9.55 Å². The Morgan fingerprint density at radius 3 is 2.42 bits per heavy atom. The zero-order chi connectivity index (χ0) is 24.7. The standard InChI is InChI=1S/C30H39N3O3/c1-2-3-4-5-6-7-8-9-10-13-18-32-26-15-12-11-14-25(26)31-30(32)23-19-29(34)33(21-23)24-16-17-27-28(20-24)36-22-35-27/h11-12,14-17,20,23H,2-10,13,18-19,21-22H2,1H3. The third-order valence-corrected chi connectivity index (χ3v) is 7.58. The van der Waals surface area contributed by atoms with Crippen LogP contribution in [-0.2, 0) is 11.3 Å². The number of aromatic nitrogens is 2. The fourth-order valence-corrected chi connectivity index (χ4v) is 5.58. The van der Waals surface area contributed by atoms with Gasteiger partial charge in [-0.25, -0.2) is 4.98 Å². The normalized spacial score (nSPS) is 17.0. The Hall–Kier alpha value is -3.02. The number of aryl methyl sites for hydroxylation is 1. The van der Waals surface area contributed by atoms with Gasteiger partial charge in [0.2, 0.25) is 12.7 Å². The predicted octanol–water partition coefficient (Wildman–Crippen LogP) is 7.21. The van der Waals surface area contributed by atoms with Crippen LogP contribution in [0.2, 0.25) is 0 Å². The molecule has 1 aromatic heterocycles. The van der Waals surface area contributed by atoms with Crippen LogP contribution in [0.4, 0.5) is 5.69 Å². The van der Waals surface area contributed by atoms with E-state index in [1.54, 1.807) is 0 Å². The second-order valence-corrected chi connectivity index (χ2v) is 10.2. The Labute approximate surface area is 214 Å². The summed E-state index contributed by atoms with van der Waals surface area (Å²) in [6.45, 7) is 4.11. The molecule has 2 aliphatic rings. The molecule has 2 aromatic carbocycles. The number of benzene rings is 2. The van der Waals surface area contributed by atoms with Crippen LogP contribution in [0, 0.1) is 0 Å². The molecule has 1 fully saturated rings. The largest absolute Gasteiger partial charge is 0.454 e. The van der Waals surface area contributed by atoms with Crippen molar-refractivity contribution in [2.45, 2.75) is 90.0 Å². The molecule has 5 rings (SSSR count). The van der Waals surface area contributed by atoms with E-state index in [-0.39, 0.29) is 18.6 Å². The third kappa shape index (κ3) is 5.53. The van der Waals surface area contributed by atoms with Gasteiger partial charge in [0.1, 0.15) is 5.82 Å². The van der Waals surface area contributed by atoms with E-state index in [1.165, 1.54) is 63.3 Å². The highest BCUT2D eigenvalue weighted by Gasteiger charge is 2.35. The molecule has 6 heteroatoms. The lowest BCUT2D eigenvalue weighted by Gasteiger charge is -2.18. The molecule has 1 amide bonds.